The molecule has 0 heterocycles. The van der Waals surface area contributed by atoms with Crippen LogP contribution < -0.4 is 10.5 Å². The van der Waals surface area contributed by atoms with Crippen LogP contribution in [-0.2, 0) is 0 Å². The van der Waals surface area contributed by atoms with Gasteiger partial charge in [0.05, 0.1) is 6.61 Å². The van der Waals surface area contributed by atoms with Gasteiger partial charge in [-0.3, -0.25) is 0 Å². The standard InChI is InChI=1S/C14H22N2O2/c1-3-11(2)12-6-8-13(9-7-12)18-10-4-5-14(15)16-17/h6-9,11,17H,3-5,10H2,1-2H3,(H2,15,16). The fraction of sp³-hybridized carbons (Fsp3) is 0.500. The molecule has 1 rings (SSSR count). The summed E-state index contributed by atoms with van der Waals surface area (Å²) >= 11 is 0. The van der Waals surface area contributed by atoms with Crippen LogP contribution in [0.3, 0.4) is 0 Å². The molecule has 0 aromatic heterocycles. The first-order chi connectivity index (χ1) is 8.67. The third kappa shape index (κ3) is 4.65. The molecule has 1 atom stereocenters. The molecule has 0 aliphatic carbocycles. The van der Waals surface area contributed by atoms with Gasteiger partial charge in [-0.2, -0.15) is 0 Å². The summed E-state index contributed by atoms with van der Waals surface area (Å²) in [6.45, 7) is 4.97. The first kappa shape index (κ1) is 14.4. The normalized spacial score (nSPS) is 13.3. The van der Waals surface area contributed by atoms with Crippen LogP contribution in [0, 0.1) is 0 Å². The summed E-state index contributed by atoms with van der Waals surface area (Å²) < 4.78 is 5.58. The maximum atomic E-state index is 8.38. The van der Waals surface area contributed by atoms with Gasteiger partial charge in [0.15, 0.2) is 0 Å². The highest BCUT2D eigenvalue weighted by Gasteiger charge is 2.02. The molecule has 0 bridgehead atoms. The molecule has 0 radical (unpaired) electrons. The van der Waals surface area contributed by atoms with Crippen LogP contribution in [0.2, 0.25) is 0 Å². The molecule has 1 aromatic carbocycles. The summed E-state index contributed by atoms with van der Waals surface area (Å²) in [4.78, 5) is 0. The minimum absolute atomic E-state index is 0.241. The lowest BCUT2D eigenvalue weighted by molar-refractivity contribution is 0.305. The zero-order chi connectivity index (χ0) is 13.4. The summed E-state index contributed by atoms with van der Waals surface area (Å²) in [5, 5.41) is 11.3. The van der Waals surface area contributed by atoms with E-state index in [9.17, 15) is 0 Å². The molecule has 1 aromatic rings. The molecule has 0 fully saturated rings. The minimum atomic E-state index is 0.241. The van der Waals surface area contributed by atoms with Crippen molar-refractivity contribution >= 4 is 5.84 Å². The van der Waals surface area contributed by atoms with Gasteiger partial charge >= 0.3 is 0 Å². The van der Waals surface area contributed by atoms with Gasteiger partial charge in [-0.25, -0.2) is 0 Å². The summed E-state index contributed by atoms with van der Waals surface area (Å²) in [5.74, 6) is 1.69. The topological polar surface area (TPSA) is 67.8 Å². The Morgan fingerprint density at radius 1 is 1.39 bits per heavy atom. The molecule has 0 aliphatic heterocycles. The van der Waals surface area contributed by atoms with Gasteiger partial charge < -0.3 is 15.7 Å². The summed E-state index contributed by atoms with van der Waals surface area (Å²) in [7, 11) is 0. The van der Waals surface area contributed by atoms with Crippen molar-refractivity contribution in [2.24, 2.45) is 10.9 Å². The van der Waals surface area contributed by atoms with E-state index in [1.54, 1.807) is 0 Å². The molecule has 1 unspecified atom stereocenters. The van der Waals surface area contributed by atoms with Crippen LogP contribution in [0.1, 0.15) is 44.6 Å². The number of oxime groups is 1. The zero-order valence-electron chi connectivity index (χ0n) is 11.1. The second-order valence-corrected chi connectivity index (χ2v) is 4.42. The summed E-state index contributed by atoms with van der Waals surface area (Å²) in [6.07, 6.45) is 2.42. The number of nitrogens with two attached hydrogens (primary N) is 1. The highest BCUT2D eigenvalue weighted by Crippen LogP contribution is 2.21. The lowest BCUT2D eigenvalue weighted by Crippen LogP contribution is -2.12. The predicted octanol–water partition coefficient (Wildman–Crippen LogP) is 3.11. The summed E-state index contributed by atoms with van der Waals surface area (Å²) in [5.41, 5.74) is 6.70. The lowest BCUT2D eigenvalue weighted by Gasteiger charge is -2.10. The molecule has 3 N–H and O–H groups in total. The van der Waals surface area contributed by atoms with E-state index in [4.69, 9.17) is 15.7 Å². The number of benzene rings is 1. The van der Waals surface area contributed by atoms with Gasteiger partial charge in [0.25, 0.3) is 0 Å². The van der Waals surface area contributed by atoms with Crippen LogP contribution in [0.5, 0.6) is 5.75 Å². The second kappa shape index (κ2) is 7.58. The highest BCUT2D eigenvalue weighted by atomic mass is 16.5. The van der Waals surface area contributed by atoms with Crippen molar-refractivity contribution in [1.29, 1.82) is 0 Å². The zero-order valence-corrected chi connectivity index (χ0v) is 11.1. The van der Waals surface area contributed by atoms with E-state index in [-0.39, 0.29) is 5.84 Å². The second-order valence-electron chi connectivity index (χ2n) is 4.42. The molecule has 0 spiro atoms. The summed E-state index contributed by atoms with van der Waals surface area (Å²) in [6, 6.07) is 8.19. The average molecular weight is 250 g/mol. The van der Waals surface area contributed by atoms with Gasteiger partial charge in [-0.05, 0) is 36.5 Å². The maximum Gasteiger partial charge on any atom is 0.139 e. The Hall–Kier alpha value is -1.71. The van der Waals surface area contributed by atoms with E-state index in [0.717, 1.165) is 18.6 Å². The fourth-order valence-electron chi connectivity index (χ4n) is 1.62. The van der Waals surface area contributed by atoms with E-state index in [1.807, 2.05) is 12.1 Å². The van der Waals surface area contributed by atoms with E-state index in [2.05, 4.69) is 31.1 Å². The van der Waals surface area contributed by atoms with Crippen molar-refractivity contribution < 1.29 is 9.94 Å². The SMILES string of the molecule is CCC(C)c1ccc(OCCC/C(N)=N/O)cc1. The number of rotatable bonds is 7. The van der Waals surface area contributed by atoms with E-state index in [1.165, 1.54) is 5.56 Å². The van der Waals surface area contributed by atoms with Crippen molar-refractivity contribution in [1.82, 2.24) is 0 Å². The molecule has 100 valence electrons. The third-order valence-electron chi connectivity index (χ3n) is 3.04. The van der Waals surface area contributed by atoms with Crippen molar-refractivity contribution in [3.8, 4) is 5.75 Å². The van der Waals surface area contributed by atoms with Gasteiger partial charge in [-0.1, -0.05) is 31.1 Å². The predicted molar refractivity (Wildman–Crippen MR) is 73.3 cm³/mol. The number of ether oxygens (including phenoxy) is 1. The average Bonchev–Trinajstić information content (AvgIpc) is 2.43. The lowest BCUT2D eigenvalue weighted by atomic mass is 9.99. The fourth-order valence-corrected chi connectivity index (χ4v) is 1.62. The number of hydrogen-bond donors (Lipinski definition) is 2. The van der Waals surface area contributed by atoms with Crippen molar-refractivity contribution in [2.45, 2.75) is 39.0 Å². The van der Waals surface area contributed by atoms with E-state index < -0.39 is 0 Å². The third-order valence-corrected chi connectivity index (χ3v) is 3.04. The van der Waals surface area contributed by atoms with Crippen LogP contribution in [0.4, 0.5) is 0 Å². The monoisotopic (exact) mass is 250 g/mol. The van der Waals surface area contributed by atoms with Gasteiger partial charge in [-0.15, -0.1) is 0 Å². The quantitative estimate of drug-likeness (QED) is 0.257. The molecule has 18 heavy (non-hydrogen) atoms. The van der Waals surface area contributed by atoms with Crippen LogP contribution in [0.25, 0.3) is 0 Å². The number of amidine groups is 1. The molecule has 4 nitrogen and oxygen atoms in total. The van der Waals surface area contributed by atoms with Crippen LogP contribution in [0.15, 0.2) is 29.4 Å². The first-order valence-corrected chi connectivity index (χ1v) is 6.36. The molecule has 0 aliphatic rings. The number of nitrogens with zero attached hydrogens (tertiary/aromatic N) is 1. The largest absolute Gasteiger partial charge is 0.494 e. The minimum Gasteiger partial charge on any atom is -0.494 e. The maximum absolute atomic E-state index is 8.38. The van der Waals surface area contributed by atoms with E-state index in [0.29, 0.717) is 18.9 Å². The Morgan fingerprint density at radius 3 is 2.61 bits per heavy atom. The van der Waals surface area contributed by atoms with Gasteiger partial charge in [0.1, 0.15) is 11.6 Å². The van der Waals surface area contributed by atoms with Gasteiger partial charge in [0.2, 0.25) is 0 Å². The molecule has 0 saturated carbocycles. The Bertz CT molecular complexity index is 374. The van der Waals surface area contributed by atoms with Crippen LogP contribution in [-0.4, -0.2) is 17.6 Å². The molecular weight excluding hydrogens is 228 g/mol. The number of hydrogen-bond acceptors (Lipinski definition) is 3. The van der Waals surface area contributed by atoms with E-state index >= 15 is 0 Å². The Balaban J connectivity index is 2.35. The molecule has 0 amide bonds. The molecule has 0 saturated heterocycles. The first-order valence-electron chi connectivity index (χ1n) is 6.36. The Morgan fingerprint density at radius 2 is 2.06 bits per heavy atom. The van der Waals surface area contributed by atoms with Gasteiger partial charge in [0, 0.05) is 6.42 Å². The Labute approximate surface area is 108 Å². The smallest absolute Gasteiger partial charge is 0.139 e. The molecular formula is C14H22N2O2. The highest BCUT2D eigenvalue weighted by molar-refractivity contribution is 5.79. The van der Waals surface area contributed by atoms with Crippen molar-refractivity contribution in [3.05, 3.63) is 29.8 Å². The Kier molecular flexibility index (Phi) is 6.05. The molecule has 4 heteroatoms. The van der Waals surface area contributed by atoms with Crippen molar-refractivity contribution in [3.63, 3.8) is 0 Å². The van der Waals surface area contributed by atoms with Crippen LogP contribution >= 0.6 is 0 Å². The van der Waals surface area contributed by atoms with Crippen molar-refractivity contribution in [2.75, 3.05) is 6.61 Å².